The van der Waals surface area contributed by atoms with Crippen LogP contribution in [0.25, 0.3) is 0 Å². The van der Waals surface area contributed by atoms with Crippen molar-refractivity contribution in [1.82, 2.24) is 0 Å². The van der Waals surface area contributed by atoms with Crippen molar-refractivity contribution in [3.05, 3.63) is 41.5 Å². The third-order valence-electron chi connectivity index (χ3n) is 3.50. The number of alkyl halides is 5. The maximum absolute atomic E-state index is 13.5. The highest BCUT2D eigenvalue weighted by atomic mass is 32.2. The highest BCUT2D eigenvalue weighted by Crippen LogP contribution is 2.38. The summed E-state index contributed by atoms with van der Waals surface area (Å²) in [6, 6.07) is 2.93. The predicted octanol–water partition coefficient (Wildman–Crippen LogP) is 3.06. The molecule has 0 aromatic heterocycles. The minimum absolute atomic E-state index is 0.124. The Morgan fingerprint density at radius 2 is 1.74 bits per heavy atom. The van der Waals surface area contributed by atoms with Gasteiger partial charge in [0.1, 0.15) is 19.0 Å². The van der Waals surface area contributed by atoms with Crippen molar-refractivity contribution < 1.29 is 58.7 Å². The second kappa shape index (κ2) is 9.60. The van der Waals surface area contributed by atoms with Crippen LogP contribution < -0.4 is 4.74 Å². The Hall–Kier alpha value is -2.74. The fourth-order valence-corrected chi connectivity index (χ4v) is 2.44. The molecule has 0 saturated carbocycles. The van der Waals surface area contributed by atoms with Crippen molar-refractivity contribution in [2.75, 3.05) is 13.2 Å². The molecule has 1 aromatic carbocycles. The van der Waals surface area contributed by atoms with Gasteiger partial charge in [-0.25, -0.2) is 9.59 Å². The Balaban J connectivity index is 2.93. The van der Waals surface area contributed by atoms with Crippen LogP contribution >= 0.6 is 0 Å². The molecular weight excluding hydrogens is 459 g/mol. The number of hydrogen-bond acceptors (Lipinski definition) is 7. The molecule has 0 amide bonds. The molecule has 0 aliphatic carbocycles. The van der Waals surface area contributed by atoms with E-state index in [1.165, 1.54) is 13.8 Å². The number of ether oxygens (including phenoxy) is 3. The number of hydrogen-bond donors (Lipinski definition) is 1. The maximum Gasteiger partial charge on any atom is 0.432 e. The molecule has 31 heavy (non-hydrogen) atoms. The largest absolute Gasteiger partial charge is 0.490 e. The van der Waals surface area contributed by atoms with Crippen molar-refractivity contribution >= 4 is 22.1 Å². The average molecular weight is 476 g/mol. The van der Waals surface area contributed by atoms with Gasteiger partial charge in [-0.3, -0.25) is 4.55 Å². The predicted molar refractivity (Wildman–Crippen MR) is 94.2 cm³/mol. The summed E-state index contributed by atoms with van der Waals surface area (Å²) >= 11 is 0. The van der Waals surface area contributed by atoms with Crippen molar-refractivity contribution in [2.45, 2.75) is 31.4 Å². The lowest BCUT2D eigenvalue weighted by molar-refractivity contribution is -0.248. The molecule has 1 unspecified atom stereocenters. The Kier molecular flexibility index (Phi) is 8.14. The summed E-state index contributed by atoms with van der Waals surface area (Å²) in [6.07, 6.45) is -10.4. The number of aryl methyl sites for hydroxylation is 1. The van der Waals surface area contributed by atoms with Gasteiger partial charge in [0.2, 0.25) is 0 Å². The molecule has 1 aromatic rings. The van der Waals surface area contributed by atoms with E-state index in [9.17, 15) is 40.0 Å². The highest BCUT2D eigenvalue weighted by molar-refractivity contribution is 7.86. The van der Waals surface area contributed by atoms with Crippen molar-refractivity contribution in [3.8, 4) is 5.75 Å². The lowest BCUT2D eigenvalue weighted by Gasteiger charge is -2.26. The summed E-state index contributed by atoms with van der Waals surface area (Å²) < 4.78 is 109. The Morgan fingerprint density at radius 3 is 2.19 bits per heavy atom. The molecule has 8 nitrogen and oxygen atoms in total. The van der Waals surface area contributed by atoms with Crippen LogP contribution in [-0.4, -0.2) is 55.7 Å². The minimum atomic E-state index is -6.54. The van der Waals surface area contributed by atoms with Crippen molar-refractivity contribution in [2.24, 2.45) is 0 Å². The van der Waals surface area contributed by atoms with E-state index in [-0.39, 0.29) is 30.1 Å². The first-order valence-corrected chi connectivity index (χ1v) is 9.61. The van der Waals surface area contributed by atoms with Crippen molar-refractivity contribution in [3.63, 3.8) is 0 Å². The fourth-order valence-electron chi connectivity index (χ4n) is 1.98. The molecule has 14 heteroatoms. The van der Waals surface area contributed by atoms with Gasteiger partial charge in [0, 0.05) is 5.57 Å². The van der Waals surface area contributed by atoms with Gasteiger partial charge in [-0.15, -0.1) is 0 Å². The van der Waals surface area contributed by atoms with Gasteiger partial charge >= 0.3 is 33.5 Å². The van der Waals surface area contributed by atoms with Crippen LogP contribution in [0.4, 0.5) is 22.0 Å². The zero-order chi connectivity index (χ0) is 24.2. The topological polar surface area (TPSA) is 116 Å². The number of benzene rings is 1. The highest BCUT2D eigenvalue weighted by Gasteiger charge is 2.66. The van der Waals surface area contributed by atoms with Gasteiger partial charge in [0.15, 0.2) is 0 Å². The Labute approximate surface area is 173 Å². The maximum atomic E-state index is 13.5. The van der Waals surface area contributed by atoms with E-state index in [4.69, 9.17) is 14.0 Å². The van der Waals surface area contributed by atoms with E-state index in [1.807, 2.05) is 0 Å². The van der Waals surface area contributed by atoms with E-state index in [1.54, 1.807) is 0 Å². The molecule has 0 saturated heterocycles. The summed E-state index contributed by atoms with van der Waals surface area (Å²) in [5.74, 6) is -2.45. The fraction of sp³-hybridized carbons (Fsp3) is 0.412. The lowest BCUT2D eigenvalue weighted by atomic mass is 10.1. The number of esters is 2. The normalized spacial score (nSPS) is 13.3. The summed E-state index contributed by atoms with van der Waals surface area (Å²) in [4.78, 5) is 23.1. The first-order valence-electron chi connectivity index (χ1n) is 8.17. The lowest BCUT2D eigenvalue weighted by Crippen LogP contribution is -2.52. The second-order valence-electron chi connectivity index (χ2n) is 6.11. The molecule has 0 heterocycles. The Bertz CT molecular complexity index is 956. The quantitative estimate of drug-likeness (QED) is 0.190. The van der Waals surface area contributed by atoms with Crippen molar-refractivity contribution in [1.29, 1.82) is 0 Å². The third-order valence-corrected chi connectivity index (χ3v) is 4.41. The summed E-state index contributed by atoms with van der Waals surface area (Å²) in [6.45, 7) is 5.88. The van der Waals surface area contributed by atoms with Crippen LogP contribution in [0.2, 0.25) is 0 Å². The van der Waals surface area contributed by atoms with Gasteiger partial charge < -0.3 is 14.2 Å². The number of carbonyl (C=O) groups is 2. The monoisotopic (exact) mass is 476 g/mol. The molecule has 1 atom stereocenters. The third kappa shape index (κ3) is 6.89. The number of rotatable bonds is 9. The molecule has 0 radical (unpaired) electrons. The van der Waals surface area contributed by atoms with E-state index in [0.29, 0.717) is 0 Å². The zero-order valence-corrected chi connectivity index (χ0v) is 16.9. The summed E-state index contributed by atoms with van der Waals surface area (Å²) in [7, 11) is -6.54. The van der Waals surface area contributed by atoms with Crippen LogP contribution in [0.15, 0.2) is 30.4 Å². The van der Waals surface area contributed by atoms with Crippen LogP contribution in [0.5, 0.6) is 5.75 Å². The zero-order valence-electron chi connectivity index (χ0n) is 16.0. The minimum Gasteiger partial charge on any atom is -0.490 e. The van der Waals surface area contributed by atoms with Gasteiger partial charge in [-0.2, -0.15) is 30.4 Å². The summed E-state index contributed by atoms with van der Waals surface area (Å²) in [5.41, 5.74) is -0.291. The van der Waals surface area contributed by atoms with Gasteiger partial charge in [0.25, 0.3) is 6.10 Å². The van der Waals surface area contributed by atoms with E-state index in [2.05, 4.69) is 11.3 Å². The van der Waals surface area contributed by atoms with Gasteiger partial charge in [0.05, 0.1) is 5.56 Å². The molecule has 1 N–H and O–H groups in total. The Morgan fingerprint density at radius 1 is 1.16 bits per heavy atom. The number of halogens is 5. The molecule has 0 bridgehead atoms. The van der Waals surface area contributed by atoms with Crippen LogP contribution in [-0.2, 0) is 24.4 Å². The van der Waals surface area contributed by atoms with E-state index < -0.39 is 45.2 Å². The average Bonchev–Trinajstić information content (AvgIpc) is 2.61. The van der Waals surface area contributed by atoms with E-state index in [0.717, 1.165) is 18.2 Å². The molecular formula is C17H17F5O8S. The molecule has 1 rings (SSSR count). The van der Waals surface area contributed by atoms with Gasteiger partial charge in [-0.05, 0) is 37.6 Å². The van der Waals surface area contributed by atoms with Crippen LogP contribution in [0.1, 0.15) is 22.8 Å². The first kappa shape index (κ1) is 26.3. The second-order valence-corrected chi connectivity index (χ2v) is 7.60. The molecule has 0 spiro atoms. The SMILES string of the molecule is C=C(C)C(=O)OCCOc1ccc(C(=O)OC(C(F)(F)F)C(F)(F)S(=O)(=O)O)cc1C. The summed E-state index contributed by atoms with van der Waals surface area (Å²) in [5, 5.41) is -5.83. The van der Waals surface area contributed by atoms with E-state index >= 15 is 0 Å². The van der Waals surface area contributed by atoms with Crippen LogP contribution in [0, 0.1) is 6.92 Å². The van der Waals surface area contributed by atoms with Gasteiger partial charge in [-0.1, -0.05) is 6.58 Å². The number of carbonyl (C=O) groups excluding carboxylic acids is 2. The molecule has 0 fully saturated rings. The molecule has 174 valence electrons. The smallest absolute Gasteiger partial charge is 0.432 e. The molecule has 0 aliphatic rings. The van der Waals surface area contributed by atoms with Crippen LogP contribution in [0.3, 0.4) is 0 Å². The molecule has 0 aliphatic heterocycles. The standard InChI is InChI=1S/C17H17F5O8S/c1-9(2)13(23)29-7-6-28-12-5-4-11(8-10(12)3)14(24)30-15(16(18,19)20)17(21,22)31(25,26)27/h4-5,8,15H,1,6-7H2,2-3H3,(H,25,26,27). The first-order chi connectivity index (χ1) is 14.0.